The number of anilines is 2. The Morgan fingerprint density at radius 1 is 1.36 bits per heavy atom. The number of methoxy groups -OCH3 is 1. The van der Waals surface area contributed by atoms with Gasteiger partial charge in [-0.15, -0.1) is 0 Å². The summed E-state index contributed by atoms with van der Waals surface area (Å²) in [4.78, 5) is 2.15. The third kappa shape index (κ3) is 2.92. The average molecular weight is 194 g/mol. The van der Waals surface area contributed by atoms with E-state index < -0.39 is 0 Å². The lowest BCUT2D eigenvalue weighted by Crippen LogP contribution is -2.28. The van der Waals surface area contributed by atoms with E-state index in [9.17, 15) is 0 Å². The molecule has 0 aromatic heterocycles. The van der Waals surface area contributed by atoms with E-state index in [-0.39, 0.29) is 6.10 Å². The standard InChI is InChI=1S/C11H18N2O/c1-9(14-3)8-13(2)11-6-4-10(12)5-7-11/h4-7,9H,8,12H2,1-3H3. The van der Waals surface area contributed by atoms with Crippen LogP contribution in [0.15, 0.2) is 24.3 Å². The zero-order valence-corrected chi connectivity index (χ0v) is 9.03. The lowest BCUT2D eigenvalue weighted by molar-refractivity contribution is 0.124. The number of nitrogens with two attached hydrogens (primary N) is 1. The summed E-state index contributed by atoms with van der Waals surface area (Å²) in [5.74, 6) is 0. The Kier molecular flexibility index (Phi) is 3.77. The lowest BCUT2D eigenvalue weighted by atomic mass is 10.2. The van der Waals surface area contributed by atoms with E-state index in [1.165, 1.54) is 0 Å². The maximum Gasteiger partial charge on any atom is 0.0717 e. The molecule has 1 aromatic rings. The number of rotatable bonds is 4. The predicted octanol–water partition coefficient (Wildman–Crippen LogP) is 1.74. The van der Waals surface area contributed by atoms with Crippen LogP contribution in [0.5, 0.6) is 0 Å². The van der Waals surface area contributed by atoms with Crippen molar-refractivity contribution in [2.75, 3.05) is 31.3 Å². The second-order valence-corrected chi connectivity index (χ2v) is 3.52. The molecule has 0 aliphatic heterocycles. The summed E-state index contributed by atoms with van der Waals surface area (Å²) < 4.78 is 5.20. The highest BCUT2D eigenvalue weighted by Gasteiger charge is 2.05. The Bertz CT molecular complexity index is 271. The molecule has 3 nitrogen and oxygen atoms in total. The Morgan fingerprint density at radius 2 is 1.93 bits per heavy atom. The fourth-order valence-corrected chi connectivity index (χ4v) is 1.29. The molecule has 3 heteroatoms. The zero-order chi connectivity index (χ0) is 10.6. The first kappa shape index (κ1) is 10.9. The quantitative estimate of drug-likeness (QED) is 0.742. The third-order valence-corrected chi connectivity index (χ3v) is 2.27. The van der Waals surface area contributed by atoms with Gasteiger partial charge in [-0.1, -0.05) is 0 Å². The molecule has 0 bridgehead atoms. The third-order valence-electron chi connectivity index (χ3n) is 2.27. The summed E-state index contributed by atoms with van der Waals surface area (Å²) in [5.41, 5.74) is 7.56. The molecule has 1 rings (SSSR count). The molecule has 0 spiro atoms. The maximum atomic E-state index is 5.61. The minimum Gasteiger partial charge on any atom is -0.399 e. The number of ether oxygens (including phenoxy) is 1. The number of benzene rings is 1. The van der Waals surface area contributed by atoms with E-state index in [1.807, 2.05) is 38.2 Å². The van der Waals surface area contributed by atoms with Crippen molar-refractivity contribution < 1.29 is 4.74 Å². The van der Waals surface area contributed by atoms with Crippen LogP contribution in [-0.4, -0.2) is 26.8 Å². The molecular weight excluding hydrogens is 176 g/mol. The van der Waals surface area contributed by atoms with Gasteiger partial charge in [0.1, 0.15) is 0 Å². The monoisotopic (exact) mass is 194 g/mol. The highest BCUT2D eigenvalue weighted by molar-refractivity contribution is 5.52. The Hall–Kier alpha value is -1.22. The van der Waals surface area contributed by atoms with Crippen LogP contribution in [0.4, 0.5) is 11.4 Å². The molecule has 2 N–H and O–H groups in total. The fraction of sp³-hybridized carbons (Fsp3) is 0.455. The maximum absolute atomic E-state index is 5.61. The molecule has 0 aliphatic carbocycles. The summed E-state index contributed by atoms with van der Waals surface area (Å²) in [6, 6.07) is 7.84. The number of hydrogen-bond acceptors (Lipinski definition) is 3. The molecule has 14 heavy (non-hydrogen) atoms. The minimum absolute atomic E-state index is 0.234. The molecule has 78 valence electrons. The van der Waals surface area contributed by atoms with Gasteiger partial charge < -0.3 is 15.4 Å². The summed E-state index contributed by atoms with van der Waals surface area (Å²) in [7, 11) is 3.77. The van der Waals surface area contributed by atoms with Crippen LogP contribution in [0, 0.1) is 0 Å². The molecule has 0 saturated carbocycles. The first-order valence-corrected chi connectivity index (χ1v) is 4.73. The molecule has 0 aliphatic rings. The van der Waals surface area contributed by atoms with E-state index in [0.29, 0.717) is 0 Å². The number of nitrogens with zero attached hydrogens (tertiary/aromatic N) is 1. The zero-order valence-electron chi connectivity index (χ0n) is 9.03. The van der Waals surface area contributed by atoms with Gasteiger partial charge in [0.05, 0.1) is 6.10 Å². The van der Waals surface area contributed by atoms with E-state index in [0.717, 1.165) is 17.9 Å². The van der Waals surface area contributed by atoms with Crippen molar-refractivity contribution in [3.05, 3.63) is 24.3 Å². The van der Waals surface area contributed by atoms with Gasteiger partial charge in [-0.3, -0.25) is 0 Å². The van der Waals surface area contributed by atoms with Crippen molar-refractivity contribution >= 4 is 11.4 Å². The molecule has 0 heterocycles. The summed E-state index contributed by atoms with van der Waals surface area (Å²) >= 11 is 0. The van der Waals surface area contributed by atoms with Crippen molar-refractivity contribution in [1.29, 1.82) is 0 Å². The molecule has 1 unspecified atom stereocenters. The van der Waals surface area contributed by atoms with Gasteiger partial charge >= 0.3 is 0 Å². The minimum atomic E-state index is 0.234. The van der Waals surface area contributed by atoms with Crippen LogP contribution in [0.1, 0.15) is 6.92 Å². The Labute approximate surface area is 85.5 Å². The molecule has 0 saturated heterocycles. The SMILES string of the molecule is COC(C)CN(C)c1ccc(N)cc1. The van der Waals surface area contributed by atoms with Crippen molar-refractivity contribution in [2.45, 2.75) is 13.0 Å². The van der Waals surface area contributed by atoms with Gasteiger partial charge in [-0.2, -0.15) is 0 Å². The van der Waals surface area contributed by atoms with Gasteiger partial charge in [0, 0.05) is 32.1 Å². The van der Waals surface area contributed by atoms with Gasteiger partial charge in [-0.25, -0.2) is 0 Å². The van der Waals surface area contributed by atoms with Gasteiger partial charge in [-0.05, 0) is 31.2 Å². The van der Waals surface area contributed by atoms with Gasteiger partial charge in [0.15, 0.2) is 0 Å². The fourth-order valence-electron chi connectivity index (χ4n) is 1.29. The molecule has 1 atom stereocenters. The van der Waals surface area contributed by atoms with Crippen LogP contribution in [0.3, 0.4) is 0 Å². The largest absolute Gasteiger partial charge is 0.399 e. The normalized spacial score (nSPS) is 12.5. The van der Waals surface area contributed by atoms with Crippen LogP contribution in [-0.2, 0) is 4.74 Å². The van der Waals surface area contributed by atoms with E-state index in [2.05, 4.69) is 4.90 Å². The van der Waals surface area contributed by atoms with Crippen molar-refractivity contribution in [3.8, 4) is 0 Å². The molecule has 0 fully saturated rings. The summed E-state index contributed by atoms with van der Waals surface area (Å²) in [5, 5.41) is 0. The average Bonchev–Trinajstić information content (AvgIpc) is 2.18. The number of nitrogen functional groups attached to an aromatic ring is 1. The topological polar surface area (TPSA) is 38.5 Å². The van der Waals surface area contributed by atoms with E-state index >= 15 is 0 Å². The van der Waals surface area contributed by atoms with Crippen LogP contribution in [0.2, 0.25) is 0 Å². The second-order valence-electron chi connectivity index (χ2n) is 3.52. The smallest absolute Gasteiger partial charge is 0.0717 e. The van der Waals surface area contributed by atoms with E-state index in [4.69, 9.17) is 10.5 Å². The van der Waals surface area contributed by atoms with Crippen molar-refractivity contribution in [2.24, 2.45) is 0 Å². The van der Waals surface area contributed by atoms with E-state index in [1.54, 1.807) is 7.11 Å². The van der Waals surface area contributed by atoms with Crippen molar-refractivity contribution in [3.63, 3.8) is 0 Å². The highest BCUT2D eigenvalue weighted by Crippen LogP contribution is 2.15. The molecular formula is C11H18N2O. The predicted molar refractivity (Wildman–Crippen MR) is 60.6 cm³/mol. The number of likely N-dealkylation sites (N-methyl/N-ethyl adjacent to an activating group) is 1. The van der Waals surface area contributed by atoms with Crippen LogP contribution < -0.4 is 10.6 Å². The Morgan fingerprint density at radius 3 is 2.43 bits per heavy atom. The second kappa shape index (κ2) is 4.86. The number of hydrogen-bond donors (Lipinski definition) is 1. The first-order chi connectivity index (χ1) is 6.63. The van der Waals surface area contributed by atoms with Crippen LogP contribution in [0.25, 0.3) is 0 Å². The van der Waals surface area contributed by atoms with Gasteiger partial charge in [0.25, 0.3) is 0 Å². The highest BCUT2D eigenvalue weighted by atomic mass is 16.5. The molecule has 0 radical (unpaired) electrons. The summed E-state index contributed by atoms with van der Waals surface area (Å²) in [6.45, 7) is 2.92. The molecule has 1 aromatic carbocycles. The van der Waals surface area contributed by atoms with Crippen molar-refractivity contribution in [1.82, 2.24) is 0 Å². The summed E-state index contributed by atoms with van der Waals surface area (Å²) in [6.07, 6.45) is 0.234. The molecule has 0 amide bonds. The first-order valence-electron chi connectivity index (χ1n) is 4.73. The Balaban J connectivity index is 2.60. The lowest BCUT2D eigenvalue weighted by Gasteiger charge is -2.22. The van der Waals surface area contributed by atoms with Gasteiger partial charge in [0.2, 0.25) is 0 Å². The van der Waals surface area contributed by atoms with Crippen LogP contribution >= 0.6 is 0 Å².